The van der Waals surface area contributed by atoms with E-state index in [1.165, 1.54) is 16.4 Å². The van der Waals surface area contributed by atoms with Crippen LogP contribution in [0.5, 0.6) is 0 Å². The van der Waals surface area contributed by atoms with Gasteiger partial charge in [-0.3, -0.25) is 4.79 Å². The smallest absolute Gasteiger partial charge is 0.243 e. The number of halogens is 1. The molecule has 9 heteroatoms. The SMILES string of the molecule is CC(C)Cn1nccc1NC(=O)C1CCN(S(=O)(=O)c2ccc(F)cc2)CC1. The number of nitrogens with zero attached hydrogens (tertiary/aromatic N) is 3. The number of piperidine rings is 1. The van der Waals surface area contributed by atoms with Crippen LogP contribution in [0, 0.1) is 17.7 Å². The molecule has 0 radical (unpaired) electrons. The van der Waals surface area contributed by atoms with Gasteiger partial charge in [-0.1, -0.05) is 13.8 Å². The molecule has 0 aliphatic carbocycles. The topological polar surface area (TPSA) is 84.3 Å². The molecule has 1 fully saturated rings. The van der Waals surface area contributed by atoms with E-state index in [0.29, 0.717) is 31.1 Å². The summed E-state index contributed by atoms with van der Waals surface area (Å²) in [4.78, 5) is 12.7. The molecule has 1 aliphatic heterocycles. The molecule has 0 unspecified atom stereocenters. The van der Waals surface area contributed by atoms with Crippen LogP contribution < -0.4 is 5.32 Å². The molecule has 1 aromatic heterocycles. The van der Waals surface area contributed by atoms with E-state index in [4.69, 9.17) is 0 Å². The maximum Gasteiger partial charge on any atom is 0.243 e. The molecule has 1 N–H and O–H groups in total. The predicted octanol–water partition coefficient (Wildman–Crippen LogP) is 2.72. The van der Waals surface area contributed by atoms with Gasteiger partial charge in [0.25, 0.3) is 0 Å². The minimum absolute atomic E-state index is 0.0642. The van der Waals surface area contributed by atoms with Gasteiger partial charge in [0, 0.05) is 31.6 Å². The van der Waals surface area contributed by atoms with Crippen molar-refractivity contribution >= 4 is 21.7 Å². The molecule has 2 heterocycles. The lowest BCUT2D eigenvalue weighted by atomic mass is 9.97. The lowest BCUT2D eigenvalue weighted by Crippen LogP contribution is -2.41. The zero-order valence-electron chi connectivity index (χ0n) is 16.0. The quantitative estimate of drug-likeness (QED) is 0.797. The van der Waals surface area contributed by atoms with Gasteiger partial charge in [0.1, 0.15) is 11.6 Å². The minimum Gasteiger partial charge on any atom is -0.311 e. The van der Waals surface area contributed by atoms with Gasteiger partial charge in [-0.2, -0.15) is 9.40 Å². The van der Waals surface area contributed by atoms with Crippen LogP contribution in [-0.4, -0.2) is 41.5 Å². The lowest BCUT2D eigenvalue weighted by Gasteiger charge is -2.30. The number of sulfonamides is 1. The van der Waals surface area contributed by atoms with Gasteiger partial charge in [0.05, 0.1) is 11.1 Å². The molecule has 0 spiro atoms. The Morgan fingerprint density at radius 3 is 2.46 bits per heavy atom. The number of nitrogens with one attached hydrogen (secondary N) is 1. The van der Waals surface area contributed by atoms with Gasteiger partial charge in [0.15, 0.2) is 0 Å². The number of amides is 1. The number of rotatable bonds is 6. The molecule has 1 saturated heterocycles. The Kier molecular flexibility index (Phi) is 6.14. The van der Waals surface area contributed by atoms with Gasteiger partial charge >= 0.3 is 0 Å². The summed E-state index contributed by atoms with van der Waals surface area (Å²) in [5, 5.41) is 7.14. The summed E-state index contributed by atoms with van der Waals surface area (Å²) in [6.07, 6.45) is 2.52. The van der Waals surface area contributed by atoms with Gasteiger partial charge in [-0.05, 0) is 43.0 Å². The molecule has 152 valence electrons. The van der Waals surface area contributed by atoms with Gasteiger partial charge in [0.2, 0.25) is 15.9 Å². The average Bonchev–Trinajstić information content (AvgIpc) is 3.08. The highest BCUT2D eigenvalue weighted by Gasteiger charge is 2.32. The van der Waals surface area contributed by atoms with Crippen LogP contribution in [0.15, 0.2) is 41.4 Å². The second kappa shape index (κ2) is 8.40. The number of carbonyl (C=O) groups is 1. The fourth-order valence-corrected chi connectivity index (χ4v) is 4.74. The first kappa shape index (κ1) is 20.5. The van der Waals surface area contributed by atoms with E-state index in [1.54, 1.807) is 16.9 Å². The lowest BCUT2D eigenvalue weighted by molar-refractivity contribution is -0.121. The highest BCUT2D eigenvalue weighted by atomic mass is 32.2. The normalized spacial score (nSPS) is 16.4. The van der Waals surface area contributed by atoms with Crippen LogP contribution in [-0.2, 0) is 21.4 Å². The Bertz CT molecular complexity index is 917. The number of hydrogen-bond donors (Lipinski definition) is 1. The third kappa shape index (κ3) is 4.59. The summed E-state index contributed by atoms with van der Waals surface area (Å²) >= 11 is 0. The Balaban J connectivity index is 1.60. The molecule has 3 rings (SSSR count). The molecule has 28 heavy (non-hydrogen) atoms. The zero-order chi connectivity index (χ0) is 20.3. The Labute approximate surface area is 164 Å². The van der Waals surface area contributed by atoms with Crippen LogP contribution in [0.2, 0.25) is 0 Å². The molecule has 2 aromatic rings. The van der Waals surface area contributed by atoms with Crippen molar-refractivity contribution in [2.45, 2.75) is 38.1 Å². The van der Waals surface area contributed by atoms with E-state index in [0.717, 1.165) is 12.1 Å². The van der Waals surface area contributed by atoms with Crippen LogP contribution in [0.25, 0.3) is 0 Å². The average molecular weight is 408 g/mol. The molecule has 7 nitrogen and oxygen atoms in total. The summed E-state index contributed by atoms with van der Waals surface area (Å²) in [5.74, 6) is 0.188. The summed E-state index contributed by atoms with van der Waals surface area (Å²) in [5.41, 5.74) is 0. The van der Waals surface area contributed by atoms with E-state index in [2.05, 4.69) is 24.3 Å². The van der Waals surface area contributed by atoms with E-state index < -0.39 is 15.8 Å². The summed E-state index contributed by atoms with van der Waals surface area (Å²) in [7, 11) is -3.68. The van der Waals surface area contributed by atoms with Crippen molar-refractivity contribution in [3.63, 3.8) is 0 Å². The van der Waals surface area contributed by atoms with E-state index in [1.807, 2.05) is 0 Å². The molecule has 0 bridgehead atoms. The number of benzene rings is 1. The maximum atomic E-state index is 13.1. The standard InChI is InChI=1S/C19H25FN4O3S/c1-14(2)13-24-18(7-10-21-24)22-19(25)15-8-11-23(12-9-15)28(26,27)17-5-3-16(20)4-6-17/h3-7,10,14-15H,8-9,11-13H2,1-2H3,(H,22,25). The summed E-state index contributed by atoms with van der Waals surface area (Å²) < 4.78 is 41.5. The first-order chi connectivity index (χ1) is 13.3. The largest absolute Gasteiger partial charge is 0.311 e. The van der Waals surface area contributed by atoms with E-state index >= 15 is 0 Å². The fraction of sp³-hybridized carbons (Fsp3) is 0.474. The molecule has 1 aromatic carbocycles. The second-order valence-electron chi connectivity index (χ2n) is 7.41. The first-order valence-electron chi connectivity index (χ1n) is 9.36. The van der Waals surface area contributed by atoms with Crippen molar-refractivity contribution in [1.29, 1.82) is 0 Å². The molecular formula is C19H25FN4O3S. The second-order valence-corrected chi connectivity index (χ2v) is 9.35. The highest BCUT2D eigenvalue weighted by Crippen LogP contribution is 2.25. The van der Waals surface area contributed by atoms with Crippen molar-refractivity contribution in [3.8, 4) is 0 Å². The minimum atomic E-state index is -3.68. The zero-order valence-corrected chi connectivity index (χ0v) is 16.8. The predicted molar refractivity (Wildman–Crippen MR) is 104 cm³/mol. The van der Waals surface area contributed by atoms with Crippen LogP contribution in [0.4, 0.5) is 10.2 Å². The Morgan fingerprint density at radius 2 is 1.86 bits per heavy atom. The van der Waals surface area contributed by atoms with Crippen LogP contribution >= 0.6 is 0 Å². The monoisotopic (exact) mass is 408 g/mol. The van der Waals surface area contributed by atoms with Gasteiger partial charge in [-0.25, -0.2) is 17.5 Å². The molecule has 1 amide bonds. The number of aromatic nitrogens is 2. The van der Waals surface area contributed by atoms with E-state index in [9.17, 15) is 17.6 Å². The third-order valence-electron chi connectivity index (χ3n) is 4.78. The Hall–Kier alpha value is -2.26. The van der Waals surface area contributed by atoms with Crippen LogP contribution in [0.3, 0.4) is 0 Å². The van der Waals surface area contributed by atoms with Crippen molar-refractivity contribution < 1.29 is 17.6 Å². The van der Waals surface area contributed by atoms with Crippen molar-refractivity contribution in [3.05, 3.63) is 42.3 Å². The van der Waals surface area contributed by atoms with Gasteiger partial charge in [-0.15, -0.1) is 0 Å². The molecule has 0 saturated carbocycles. The third-order valence-corrected chi connectivity index (χ3v) is 6.69. The van der Waals surface area contributed by atoms with E-state index in [-0.39, 0.29) is 29.8 Å². The molecular weight excluding hydrogens is 383 g/mol. The first-order valence-corrected chi connectivity index (χ1v) is 10.8. The molecule has 1 aliphatic rings. The summed E-state index contributed by atoms with van der Waals surface area (Å²) in [6, 6.07) is 6.55. The summed E-state index contributed by atoms with van der Waals surface area (Å²) in [6.45, 7) is 5.36. The van der Waals surface area contributed by atoms with Crippen LogP contribution in [0.1, 0.15) is 26.7 Å². The number of hydrogen-bond acceptors (Lipinski definition) is 4. The van der Waals surface area contributed by atoms with Crippen molar-refractivity contribution in [2.24, 2.45) is 11.8 Å². The fourth-order valence-electron chi connectivity index (χ4n) is 3.27. The van der Waals surface area contributed by atoms with Crippen molar-refractivity contribution in [1.82, 2.24) is 14.1 Å². The molecule has 0 atom stereocenters. The van der Waals surface area contributed by atoms with Crippen molar-refractivity contribution in [2.75, 3.05) is 18.4 Å². The Morgan fingerprint density at radius 1 is 1.21 bits per heavy atom. The maximum absolute atomic E-state index is 13.1. The number of anilines is 1. The highest BCUT2D eigenvalue weighted by molar-refractivity contribution is 7.89. The number of carbonyl (C=O) groups excluding carboxylic acids is 1. The van der Waals surface area contributed by atoms with Gasteiger partial charge < -0.3 is 5.32 Å².